The van der Waals surface area contributed by atoms with E-state index < -0.39 is 17.3 Å². The number of rotatable bonds is 1. The summed E-state index contributed by atoms with van der Waals surface area (Å²) in [6, 6.07) is 6.55. The highest BCUT2D eigenvalue weighted by atomic mass is 79.9. The van der Waals surface area contributed by atoms with Crippen LogP contribution in [0.15, 0.2) is 52.1 Å². The molecule has 0 aliphatic carbocycles. The van der Waals surface area contributed by atoms with Gasteiger partial charge in [0.2, 0.25) is 5.65 Å². The van der Waals surface area contributed by atoms with Gasteiger partial charge in [-0.3, -0.25) is 18.7 Å². The van der Waals surface area contributed by atoms with Crippen molar-refractivity contribution in [3.05, 3.63) is 68.9 Å². The molecule has 0 spiro atoms. The van der Waals surface area contributed by atoms with Crippen molar-refractivity contribution in [1.82, 2.24) is 18.9 Å². The van der Waals surface area contributed by atoms with Crippen LogP contribution in [0.2, 0.25) is 0 Å². The molecule has 4 rings (SSSR count). The van der Waals surface area contributed by atoms with Crippen LogP contribution in [0.3, 0.4) is 0 Å². The molecule has 0 atom stereocenters. The van der Waals surface area contributed by atoms with Gasteiger partial charge < -0.3 is 0 Å². The van der Waals surface area contributed by atoms with Crippen molar-refractivity contribution < 1.29 is 13.2 Å². The zero-order valence-electron chi connectivity index (χ0n) is 13.3. The van der Waals surface area contributed by atoms with Gasteiger partial charge in [-0.15, -0.1) is 0 Å². The van der Waals surface area contributed by atoms with E-state index in [0.29, 0.717) is 21.5 Å². The Bertz CT molecular complexity index is 1230. The van der Waals surface area contributed by atoms with E-state index in [0.717, 1.165) is 12.1 Å². The molecule has 9 heteroatoms. The van der Waals surface area contributed by atoms with Crippen LogP contribution in [0.4, 0.5) is 13.2 Å². The van der Waals surface area contributed by atoms with E-state index >= 15 is 0 Å². The smallest absolute Gasteiger partial charge is 0.280 e. The molecule has 0 unspecified atom stereocenters. The third-order valence-electron chi connectivity index (χ3n) is 4.12. The molecule has 0 bridgehead atoms. The molecule has 3 heterocycles. The molecule has 3 aromatic heterocycles. The monoisotopic (exact) mass is 422 g/mol. The molecule has 132 valence electrons. The van der Waals surface area contributed by atoms with Crippen molar-refractivity contribution in [2.24, 2.45) is 0 Å². The Kier molecular flexibility index (Phi) is 3.65. The van der Waals surface area contributed by atoms with E-state index in [4.69, 9.17) is 0 Å². The van der Waals surface area contributed by atoms with Gasteiger partial charge in [0.1, 0.15) is 4.60 Å². The Morgan fingerprint density at radius 3 is 2.58 bits per heavy atom. The molecule has 5 nitrogen and oxygen atoms in total. The highest BCUT2D eigenvalue weighted by Gasteiger charge is 2.31. The van der Waals surface area contributed by atoms with Gasteiger partial charge in [0, 0.05) is 6.20 Å². The Morgan fingerprint density at radius 2 is 1.88 bits per heavy atom. The molecular formula is C17H10BrF3N4O. The minimum atomic E-state index is -4.53. The van der Waals surface area contributed by atoms with Gasteiger partial charge >= 0.3 is 6.18 Å². The van der Waals surface area contributed by atoms with E-state index in [1.54, 1.807) is 25.3 Å². The van der Waals surface area contributed by atoms with Crippen LogP contribution in [-0.2, 0) is 6.18 Å². The largest absolute Gasteiger partial charge is 0.416 e. The summed E-state index contributed by atoms with van der Waals surface area (Å²) in [6.45, 7) is 1.69. The second kappa shape index (κ2) is 5.66. The third kappa shape index (κ3) is 2.42. The van der Waals surface area contributed by atoms with E-state index in [9.17, 15) is 18.0 Å². The lowest BCUT2D eigenvalue weighted by Crippen LogP contribution is -2.23. The van der Waals surface area contributed by atoms with Crippen LogP contribution in [0.1, 0.15) is 11.3 Å². The number of nitrogens with zero attached hydrogens (tertiary/aromatic N) is 4. The summed E-state index contributed by atoms with van der Waals surface area (Å²) in [5.41, 5.74) is 0.195. The first kappa shape index (κ1) is 16.8. The van der Waals surface area contributed by atoms with Crippen LogP contribution >= 0.6 is 15.9 Å². The Balaban J connectivity index is 2.26. The average molecular weight is 423 g/mol. The first-order valence-electron chi connectivity index (χ1n) is 7.50. The number of hydrogen-bond acceptors (Lipinski definition) is 3. The summed E-state index contributed by atoms with van der Waals surface area (Å²) in [5, 5.41) is 0. The maximum absolute atomic E-state index is 13.2. The Labute approximate surface area is 152 Å². The summed E-state index contributed by atoms with van der Waals surface area (Å²) in [4.78, 5) is 21.3. The number of aromatic nitrogens is 4. The van der Waals surface area contributed by atoms with Crippen LogP contribution in [0, 0.1) is 6.92 Å². The number of halogens is 4. The molecule has 0 aliphatic heterocycles. The molecule has 0 saturated carbocycles. The van der Waals surface area contributed by atoms with Crippen molar-refractivity contribution in [3.8, 4) is 5.69 Å². The summed E-state index contributed by atoms with van der Waals surface area (Å²) in [5.74, 6) is 0. The minimum absolute atomic E-state index is 0.104. The van der Waals surface area contributed by atoms with Gasteiger partial charge in [-0.2, -0.15) is 13.2 Å². The van der Waals surface area contributed by atoms with Crippen molar-refractivity contribution in [1.29, 1.82) is 0 Å². The number of benzene rings is 1. The van der Waals surface area contributed by atoms with E-state index in [2.05, 4.69) is 25.9 Å². The first-order chi connectivity index (χ1) is 12.3. The predicted molar refractivity (Wildman–Crippen MR) is 93.5 cm³/mol. The standard InChI is InChI=1S/C17H10BrF3N4O/c1-9-11(3-2-6-22-9)24-13-7-10(17(19,20)21)4-5-12(13)25-14(18)8-23-15(25)16(24)26/h2-8H,1H3. The molecule has 0 aliphatic rings. The minimum Gasteiger partial charge on any atom is -0.280 e. The summed E-state index contributed by atoms with van der Waals surface area (Å²) < 4.78 is 42.9. The topological polar surface area (TPSA) is 52.2 Å². The Hall–Kier alpha value is -2.68. The fourth-order valence-electron chi connectivity index (χ4n) is 2.94. The van der Waals surface area contributed by atoms with Crippen molar-refractivity contribution in [3.63, 3.8) is 0 Å². The molecule has 0 radical (unpaired) electrons. The zero-order valence-corrected chi connectivity index (χ0v) is 14.8. The Morgan fingerprint density at radius 1 is 1.12 bits per heavy atom. The summed E-state index contributed by atoms with van der Waals surface area (Å²) in [7, 11) is 0. The zero-order chi connectivity index (χ0) is 18.6. The molecule has 0 fully saturated rings. The number of alkyl halides is 3. The molecule has 0 amide bonds. The van der Waals surface area contributed by atoms with Crippen LogP contribution in [-0.4, -0.2) is 18.9 Å². The SMILES string of the molecule is Cc1ncccc1-n1c(=O)c2ncc(Br)n2c2ccc(C(F)(F)F)cc21. The third-order valence-corrected chi connectivity index (χ3v) is 4.68. The lowest BCUT2D eigenvalue weighted by atomic mass is 10.1. The summed E-state index contributed by atoms with van der Waals surface area (Å²) in [6.07, 6.45) is -1.54. The normalized spacial score (nSPS) is 12.2. The van der Waals surface area contributed by atoms with Gasteiger partial charge in [-0.1, -0.05) is 0 Å². The van der Waals surface area contributed by atoms with Crippen molar-refractivity contribution >= 4 is 32.6 Å². The number of aryl methyl sites for hydroxylation is 1. The number of pyridine rings is 1. The molecule has 1 aromatic carbocycles. The molecular weight excluding hydrogens is 413 g/mol. The first-order valence-corrected chi connectivity index (χ1v) is 8.29. The van der Waals surface area contributed by atoms with Crippen molar-refractivity contribution in [2.45, 2.75) is 13.1 Å². The van der Waals surface area contributed by atoms with Crippen LogP contribution in [0.5, 0.6) is 0 Å². The second-order valence-corrected chi connectivity index (χ2v) is 6.50. The second-order valence-electron chi connectivity index (χ2n) is 5.69. The van der Waals surface area contributed by atoms with Crippen LogP contribution < -0.4 is 5.56 Å². The fraction of sp³-hybridized carbons (Fsp3) is 0.118. The lowest BCUT2D eigenvalue weighted by Gasteiger charge is -2.15. The summed E-state index contributed by atoms with van der Waals surface area (Å²) >= 11 is 3.29. The predicted octanol–water partition coefficient (Wildman–Crippen LogP) is 4.12. The maximum atomic E-state index is 13.2. The maximum Gasteiger partial charge on any atom is 0.416 e. The molecule has 4 aromatic rings. The molecule has 0 N–H and O–H groups in total. The lowest BCUT2D eigenvalue weighted by molar-refractivity contribution is -0.137. The van der Waals surface area contributed by atoms with Gasteiger partial charge in [0.05, 0.1) is 34.2 Å². The van der Waals surface area contributed by atoms with Gasteiger partial charge in [0.15, 0.2) is 0 Å². The number of hydrogen-bond donors (Lipinski definition) is 0. The van der Waals surface area contributed by atoms with E-state index in [-0.39, 0.29) is 11.2 Å². The molecule has 26 heavy (non-hydrogen) atoms. The van der Waals surface area contributed by atoms with Gasteiger partial charge in [-0.25, -0.2) is 4.98 Å². The van der Waals surface area contributed by atoms with Crippen molar-refractivity contribution in [2.75, 3.05) is 0 Å². The highest BCUT2D eigenvalue weighted by Crippen LogP contribution is 2.32. The van der Waals surface area contributed by atoms with E-state index in [1.807, 2.05) is 0 Å². The number of fused-ring (bicyclic) bond motifs is 3. The average Bonchev–Trinajstić information content (AvgIpc) is 2.98. The van der Waals surface area contributed by atoms with E-state index in [1.165, 1.54) is 21.2 Å². The van der Waals surface area contributed by atoms with Crippen LogP contribution in [0.25, 0.3) is 22.4 Å². The highest BCUT2D eigenvalue weighted by molar-refractivity contribution is 9.10. The fourth-order valence-corrected chi connectivity index (χ4v) is 3.40. The van der Waals surface area contributed by atoms with Gasteiger partial charge in [0.25, 0.3) is 5.56 Å². The number of imidazole rings is 1. The quantitative estimate of drug-likeness (QED) is 0.463. The van der Waals surface area contributed by atoms with Gasteiger partial charge in [-0.05, 0) is 53.2 Å². The molecule has 0 saturated heterocycles.